The molecular formula is C15H25N3. The first-order valence-corrected chi connectivity index (χ1v) is 7.09. The van der Waals surface area contributed by atoms with E-state index in [4.69, 9.17) is 0 Å². The number of nitrogens with zero attached hydrogens (tertiary/aromatic N) is 2. The van der Waals surface area contributed by atoms with Gasteiger partial charge in [-0.25, -0.2) is 4.98 Å². The number of hydrogen-bond acceptors (Lipinski definition) is 3. The zero-order valence-electron chi connectivity index (χ0n) is 11.8. The van der Waals surface area contributed by atoms with E-state index in [0.717, 1.165) is 30.7 Å². The summed E-state index contributed by atoms with van der Waals surface area (Å²) < 4.78 is 0. The predicted molar refractivity (Wildman–Crippen MR) is 76.6 cm³/mol. The molecule has 100 valence electrons. The van der Waals surface area contributed by atoms with E-state index >= 15 is 0 Å². The molecule has 2 heterocycles. The van der Waals surface area contributed by atoms with Crippen molar-refractivity contribution < 1.29 is 0 Å². The molecule has 2 atom stereocenters. The van der Waals surface area contributed by atoms with Gasteiger partial charge in [-0.05, 0) is 37.3 Å². The first-order chi connectivity index (χ1) is 8.67. The molecule has 3 nitrogen and oxygen atoms in total. The summed E-state index contributed by atoms with van der Waals surface area (Å²) in [5.74, 6) is 2.62. The highest BCUT2D eigenvalue weighted by Crippen LogP contribution is 2.22. The standard InChI is InChI=1S/C15H25N3/c1-4-16-15-7-5-6-14(17-15)11-18-9-12(2)8-13(3)10-18/h5-7,12-13H,4,8-11H2,1-3H3,(H,16,17). The quantitative estimate of drug-likeness (QED) is 0.886. The number of pyridine rings is 1. The van der Waals surface area contributed by atoms with Crippen molar-refractivity contribution in [3.8, 4) is 0 Å². The van der Waals surface area contributed by atoms with Crippen LogP contribution in [0.1, 0.15) is 32.9 Å². The van der Waals surface area contributed by atoms with Crippen molar-refractivity contribution in [2.24, 2.45) is 11.8 Å². The average molecular weight is 247 g/mol. The molecule has 1 aliphatic heterocycles. The highest BCUT2D eigenvalue weighted by Gasteiger charge is 2.21. The van der Waals surface area contributed by atoms with Crippen LogP contribution in [0, 0.1) is 11.8 Å². The minimum atomic E-state index is 0.811. The van der Waals surface area contributed by atoms with Gasteiger partial charge < -0.3 is 5.32 Å². The van der Waals surface area contributed by atoms with E-state index in [2.05, 4.69) is 48.1 Å². The normalized spacial score (nSPS) is 25.1. The van der Waals surface area contributed by atoms with Crippen molar-refractivity contribution in [3.05, 3.63) is 23.9 Å². The third kappa shape index (κ3) is 3.70. The van der Waals surface area contributed by atoms with Crippen molar-refractivity contribution in [2.45, 2.75) is 33.7 Å². The van der Waals surface area contributed by atoms with E-state index in [1.54, 1.807) is 0 Å². The number of aromatic nitrogens is 1. The number of anilines is 1. The number of rotatable bonds is 4. The summed E-state index contributed by atoms with van der Waals surface area (Å²) in [5, 5.41) is 3.27. The molecule has 0 aliphatic carbocycles. The Bertz CT molecular complexity index is 368. The van der Waals surface area contributed by atoms with Crippen LogP contribution in [0.2, 0.25) is 0 Å². The number of piperidine rings is 1. The molecule has 1 N–H and O–H groups in total. The summed E-state index contributed by atoms with van der Waals surface area (Å²) in [6.45, 7) is 11.1. The summed E-state index contributed by atoms with van der Waals surface area (Å²) in [6, 6.07) is 6.26. The van der Waals surface area contributed by atoms with Crippen molar-refractivity contribution in [1.29, 1.82) is 0 Å². The van der Waals surface area contributed by atoms with Crippen LogP contribution in [0.3, 0.4) is 0 Å². The second kappa shape index (κ2) is 6.19. The molecule has 0 spiro atoms. The molecule has 0 radical (unpaired) electrons. The van der Waals surface area contributed by atoms with E-state index in [-0.39, 0.29) is 0 Å². The van der Waals surface area contributed by atoms with Crippen LogP contribution in [0.15, 0.2) is 18.2 Å². The van der Waals surface area contributed by atoms with E-state index in [9.17, 15) is 0 Å². The van der Waals surface area contributed by atoms with Crippen LogP contribution < -0.4 is 5.32 Å². The van der Waals surface area contributed by atoms with E-state index in [1.165, 1.54) is 25.2 Å². The Morgan fingerprint density at radius 1 is 1.28 bits per heavy atom. The van der Waals surface area contributed by atoms with Crippen LogP contribution >= 0.6 is 0 Å². The van der Waals surface area contributed by atoms with Crippen molar-refractivity contribution >= 4 is 5.82 Å². The Labute approximate surface area is 111 Å². The predicted octanol–water partition coefficient (Wildman–Crippen LogP) is 2.99. The molecule has 0 aromatic carbocycles. The Morgan fingerprint density at radius 2 is 2.00 bits per heavy atom. The fourth-order valence-corrected chi connectivity index (χ4v) is 3.00. The number of nitrogens with one attached hydrogen (secondary N) is 1. The third-order valence-corrected chi connectivity index (χ3v) is 3.49. The maximum atomic E-state index is 4.65. The third-order valence-electron chi connectivity index (χ3n) is 3.49. The molecule has 2 rings (SSSR count). The van der Waals surface area contributed by atoms with Crippen LogP contribution in [-0.2, 0) is 6.54 Å². The fourth-order valence-electron chi connectivity index (χ4n) is 3.00. The molecule has 0 saturated carbocycles. The van der Waals surface area contributed by atoms with Crippen LogP contribution in [0.4, 0.5) is 5.82 Å². The molecular weight excluding hydrogens is 222 g/mol. The van der Waals surface area contributed by atoms with Gasteiger partial charge in [-0.2, -0.15) is 0 Å². The maximum Gasteiger partial charge on any atom is 0.126 e. The lowest BCUT2D eigenvalue weighted by atomic mass is 9.92. The van der Waals surface area contributed by atoms with Gasteiger partial charge in [-0.3, -0.25) is 4.90 Å². The Kier molecular flexibility index (Phi) is 4.59. The monoisotopic (exact) mass is 247 g/mol. The molecule has 1 aromatic rings. The van der Waals surface area contributed by atoms with Crippen LogP contribution in [0.25, 0.3) is 0 Å². The van der Waals surface area contributed by atoms with Gasteiger partial charge in [0.25, 0.3) is 0 Å². The van der Waals surface area contributed by atoms with Crippen molar-refractivity contribution in [3.63, 3.8) is 0 Å². The summed E-state index contributed by atoms with van der Waals surface area (Å²) in [6.07, 6.45) is 1.36. The Morgan fingerprint density at radius 3 is 2.67 bits per heavy atom. The van der Waals surface area contributed by atoms with Crippen molar-refractivity contribution in [1.82, 2.24) is 9.88 Å². The molecule has 0 amide bonds. The molecule has 1 saturated heterocycles. The zero-order chi connectivity index (χ0) is 13.0. The largest absolute Gasteiger partial charge is 0.370 e. The topological polar surface area (TPSA) is 28.2 Å². The van der Waals surface area contributed by atoms with Gasteiger partial charge in [0, 0.05) is 26.2 Å². The van der Waals surface area contributed by atoms with Gasteiger partial charge in [0.05, 0.1) is 5.69 Å². The molecule has 0 bridgehead atoms. The summed E-state index contributed by atoms with van der Waals surface area (Å²) in [7, 11) is 0. The van der Waals surface area contributed by atoms with Crippen LogP contribution in [-0.4, -0.2) is 29.5 Å². The molecule has 1 aromatic heterocycles. The zero-order valence-corrected chi connectivity index (χ0v) is 11.8. The first kappa shape index (κ1) is 13.3. The van der Waals surface area contributed by atoms with Gasteiger partial charge in [0.1, 0.15) is 5.82 Å². The van der Waals surface area contributed by atoms with Gasteiger partial charge in [0.2, 0.25) is 0 Å². The second-order valence-corrected chi connectivity index (χ2v) is 5.68. The van der Waals surface area contributed by atoms with E-state index in [1.807, 2.05) is 6.07 Å². The average Bonchev–Trinajstić information content (AvgIpc) is 2.28. The highest BCUT2D eigenvalue weighted by atomic mass is 15.1. The van der Waals surface area contributed by atoms with Gasteiger partial charge in [-0.15, -0.1) is 0 Å². The maximum absolute atomic E-state index is 4.65. The Hall–Kier alpha value is -1.09. The summed E-state index contributed by atoms with van der Waals surface area (Å²) in [4.78, 5) is 7.19. The number of likely N-dealkylation sites (tertiary alicyclic amines) is 1. The smallest absolute Gasteiger partial charge is 0.126 e. The van der Waals surface area contributed by atoms with E-state index < -0.39 is 0 Å². The lowest BCUT2D eigenvalue weighted by Gasteiger charge is -2.34. The highest BCUT2D eigenvalue weighted by molar-refractivity contribution is 5.34. The molecule has 2 unspecified atom stereocenters. The van der Waals surface area contributed by atoms with E-state index in [0.29, 0.717) is 0 Å². The second-order valence-electron chi connectivity index (χ2n) is 5.68. The summed E-state index contributed by atoms with van der Waals surface area (Å²) >= 11 is 0. The van der Waals surface area contributed by atoms with Gasteiger partial charge in [-0.1, -0.05) is 19.9 Å². The SMILES string of the molecule is CCNc1cccc(CN2CC(C)CC(C)C2)n1. The first-order valence-electron chi connectivity index (χ1n) is 7.09. The Balaban J connectivity index is 1.97. The van der Waals surface area contributed by atoms with Gasteiger partial charge in [0.15, 0.2) is 0 Å². The molecule has 1 fully saturated rings. The molecule has 1 aliphatic rings. The molecule has 3 heteroatoms. The minimum absolute atomic E-state index is 0.811. The summed E-state index contributed by atoms with van der Waals surface area (Å²) in [5.41, 5.74) is 1.18. The van der Waals surface area contributed by atoms with Gasteiger partial charge >= 0.3 is 0 Å². The lowest BCUT2D eigenvalue weighted by Crippen LogP contribution is -2.38. The van der Waals surface area contributed by atoms with Crippen LogP contribution in [0.5, 0.6) is 0 Å². The molecule has 18 heavy (non-hydrogen) atoms. The lowest BCUT2D eigenvalue weighted by molar-refractivity contribution is 0.133. The minimum Gasteiger partial charge on any atom is -0.370 e. The van der Waals surface area contributed by atoms with Crippen molar-refractivity contribution in [2.75, 3.05) is 25.0 Å². The number of hydrogen-bond donors (Lipinski definition) is 1. The fraction of sp³-hybridized carbons (Fsp3) is 0.667.